The predicted molar refractivity (Wildman–Crippen MR) is 249 cm³/mol. The predicted octanol–water partition coefficient (Wildman–Crippen LogP) is 10.2. The van der Waals surface area contributed by atoms with Gasteiger partial charge in [-0.15, -0.1) is 0 Å². The Kier molecular flexibility index (Phi) is 18.1. The maximum atomic E-state index is 17.4. The molecule has 0 unspecified atom stereocenters. The monoisotopic (exact) mass is 909 g/mol. The maximum Gasteiger partial charge on any atom is 0.192 e. The Morgan fingerprint density at radius 1 is 0.418 bits per heavy atom. The van der Waals surface area contributed by atoms with Crippen molar-refractivity contribution in [2.24, 2.45) is 5.11 Å². The Balaban J connectivity index is 1.13. The van der Waals surface area contributed by atoms with Crippen molar-refractivity contribution >= 4 is 0 Å². The summed E-state index contributed by atoms with van der Waals surface area (Å²) in [5.41, 5.74) is 15.6. The van der Waals surface area contributed by atoms with Gasteiger partial charge in [-0.2, -0.15) is 0 Å². The van der Waals surface area contributed by atoms with Gasteiger partial charge in [-0.1, -0.05) is 187 Å². The molecule has 348 valence electrons. The van der Waals surface area contributed by atoms with Crippen molar-refractivity contribution in [3.8, 4) is 0 Å². The average molecular weight is 910 g/mol. The lowest BCUT2D eigenvalue weighted by molar-refractivity contribution is -0.350. The lowest BCUT2D eigenvalue weighted by Gasteiger charge is -2.48. The SMILES string of the molecule is [N-]=[N+]=N[C@H]1[C@H](O[C@H]2[C@H](OCc3ccccc3)[C@@H](F)[C@H](OCc3ccccc3)O[C@@H]2COCc2ccccc2)O[C@H](COCc2ccccc2)[C@@H](OCc2ccccc2)[C@@H]1OCc1ccccc1. The van der Waals surface area contributed by atoms with Crippen molar-refractivity contribution in [3.63, 3.8) is 0 Å². The van der Waals surface area contributed by atoms with Gasteiger partial charge in [0.1, 0.15) is 42.7 Å². The van der Waals surface area contributed by atoms with Crippen molar-refractivity contribution < 1.29 is 47.0 Å². The van der Waals surface area contributed by atoms with Crippen LogP contribution in [0.5, 0.6) is 0 Å². The van der Waals surface area contributed by atoms with Crippen LogP contribution in [0.25, 0.3) is 10.4 Å². The second-order valence-electron chi connectivity index (χ2n) is 16.4. The first-order chi connectivity index (χ1) is 33.1. The number of nitrogens with zero attached hydrogens (tertiary/aromatic N) is 3. The van der Waals surface area contributed by atoms with Gasteiger partial charge in [0.15, 0.2) is 18.8 Å². The third-order valence-corrected chi connectivity index (χ3v) is 11.6. The van der Waals surface area contributed by atoms with Crippen molar-refractivity contribution in [3.05, 3.63) is 226 Å². The third kappa shape index (κ3) is 13.9. The van der Waals surface area contributed by atoms with E-state index < -0.39 is 61.4 Å². The molecule has 2 aliphatic rings. The highest BCUT2D eigenvalue weighted by molar-refractivity contribution is 5.18. The second-order valence-corrected chi connectivity index (χ2v) is 16.4. The fourth-order valence-electron chi connectivity index (χ4n) is 8.14. The zero-order valence-electron chi connectivity index (χ0n) is 37.1. The van der Waals surface area contributed by atoms with Gasteiger partial charge < -0.3 is 42.6 Å². The highest BCUT2D eigenvalue weighted by Gasteiger charge is 2.54. The molecule has 0 N–H and O–H groups in total. The average Bonchev–Trinajstić information content (AvgIpc) is 3.38. The van der Waals surface area contributed by atoms with Crippen molar-refractivity contribution in [2.75, 3.05) is 13.2 Å². The second kappa shape index (κ2) is 25.4. The zero-order valence-corrected chi connectivity index (χ0v) is 37.1. The zero-order chi connectivity index (χ0) is 45.9. The molecule has 2 fully saturated rings. The Labute approximate surface area is 391 Å². The molecule has 0 aromatic heterocycles. The maximum absolute atomic E-state index is 17.4. The molecule has 0 amide bonds. The van der Waals surface area contributed by atoms with Crippen LogP contribution in [0.15, 0.2) is 187 Å². The van der Waals surface area contributed by atoms with E-state index in [9.17, 15) is 5.53 Å². The molecule has 8 rings (SSSR count). The number of rotatable bonds is 23. The summed E-state index contributed by atoms with van der Waals surface area (Å²) in [7, 11) is 0. The number of alkyl halides is 1. The van der Waals surface area contributed by atoms with Crippen LogP contribution in [0.4, 0.5) is 4.39 Å². The molecule has 13 heteroatoms. The van der Waals surface area contributed by atoms with Gasteiger partial charge in [-0.05, 0) is 38.9 Å². The van der Waals surface area contributed by atoms with E-state index in [1.807, 2.05) is 182 Å². The number of hydrogen-bond donors (Lipinski definition) is 0. The number of benzene rings is 6. The van der Waals surface area contributed by atoms with Gasteiger partial charge >= 0.3 is 0 Å². The van der Waals surface area contributed by atoms with E-state index in [0.717, 1.165) is 33.4 Å². The molecule has 0 radical (unpaired) electrons. The molecule has 2 heterocycles. The molecule has 0 saturated carbocycles. The van der Waals surface area contributed by atoms with Crippen molar-refractivity contribution in [1.82, 2.24) is 0 Å². The topological polar surface area (TPSA) is 132 Å². The highest BCUT2D eigenvalue weighted by Crippen LogP contribution is 2.36. The van der Waals surface area contributed by atoms with Crippen LogP contribution in [0.1, 0.15) is 33.4 Å². The van der Waals surface area contributed by atoms with Gasteiger partial charge in [-0.3, -0.25) is 0 Å². The summed E-state index contributed by atoms with van der Waals surface area (Å²) in [6, 6.07) is 56.7. The normalized spacial score (nSPS) is 25.0. The summed E-state index contributed by atoms with van der Waals surface area (Å²) >= 11 is 0. The Hall–Kier alpha value is -5.80. The summed E-state index contributed by atoms with van der Waals surface area (Å²) in [5.74, 6) is 0. The summed E-state index contributed by atoms with van der Waals surface area (Å²) in [4.78, 5) is 3.28. The van der Waals surface area contributed by atoms with Gasteiger partial charge in [0.05, 0.1) is 52.9 Å². The minimum atomic E-state index is -1.85. The molecule has 0 spiro atoms. The van der Waals surface area contributed by atoms with E-state index in [1.54, 1.807) is 0 Å². The van der Waals surface area contributed by atoms with Gasteiger partial charge in [0, 0.05) is 4.91 Å². The van der Waals surface area contributed by atoms with E-state index in [4.69, 9.17) is 42.6 Å². The quantitative estimate of drug-likeness (QED) is 0.0350. The first-order valence-electron chi connectivity index (χ1n) is 22.6. The Morgan fingerprint density at radius 2 is 0.761 bits per heavy atom. The first-order valence-corrected chi connectivity index (χ1v) is 22.6. The molecule has 2 saturated heterocycles. The number of hydrogen-bond acceptors (Lipinski definition) is 10. The van der Waals surface area contributed by atoms with Crippen LogP contribution >= 0.6 is 0 Å². The van der Waals surface area contributed by atoms with Gasteiger partial charge in [0.25, 0.3) is 0 Å². The van der Waals surface area contributed by atoms with E-state index >= 15 is 4.39 Å². The standard InChI is InChI=1S/C54H56FN3O9/c55-47-51(62-34-42-25-13-4-14-26-42)50(46(38-60-32-40-21-9-2-10-22-40)65-53(47)64-36-44-29-17-6-18-30-44)67-54-48(57-58-56)52(63-35-43-27-15-5-16-28-43)49(61-33-41-23-11-3-12-24-41)45(66-54)37-59-31-39-19-7-1-8-20-39/h1-30,45-54H,31-38H2/t45-,46-,47-,48-,49-,50-,51-,52-,53-,54+/m1/s1. The molecule has 2 aliphatic heterocycles. The van der Waals surface area contributed by atoms with Gasteiger partial charge in [0.2, 0.25) is 0 Å². The van der Waals surface area contributed by atoms with Crippen LogP contribution in [-0.2, 0) is 82.3 Å². The number of azide groups is 1. The van der Waals surface area contributed by atoms with Crippen LogP contribution in [0, 0.1) is 0 Å². The van der Waals surface area contributed by atoms with Gasteiger partial charge in [-0.25, -0.2) is 4.39 Å². The minimum Gasteiger partial charge on any atom is -0.374 e. The van der Waals surface area contributed by atoms with E-state index in [1.165, 1.54) is 0 Å². The molecule has 0 bridgehead atoms. The summed E-state index contributed by atoms with van der Waals surface area (Å²) in [5, 5.41) is 4.29. The van der Waals surface area contributed by atoms with E-state index in [-0.39, 0.29) is 52.9 Å². The molecule has 6 aromatic carbocycles. The van der Waals surface area contributed by atoms with E-state index in [0.29, 0.717) is 0 Å². The van der Waals surface area contributed by atoms with Crippen LogP contribution in [0.3, 0.4) is 0 Å². The lowest BCUT2D eigenvalue weighted by Crippen LogP contribution is -2.65. The number of halogens is 1. The van der Waals surface area contributed by atoms with Crippen molar-refractivity contribution in [2.45, 2.75) is 101 Å². The molecule has 6 aromatic rings. The van der Waals surface area contributed by atoms with Crippen LogP contribution < -0.4 is 0 Å². The summed E-state index contributed by atoms with van der Waals surface area (Å²) in [6.07, 6.45) is -10.5. The summed E-state index contributed by atoms with van der Waals surface area (Å²) in [6.45, 7) is 1.02. The fraction of sp³-hybridized carbons (Fsp3) is 0.333. The number of ether oxygens (including phenoxy) is 9. The molecule has 10 atom stereocenters. The molecule has 12 nitrogen and oxygen atoms in total. The Morgan fingerprint density at radius 3 is 1.18 bits per heavy atom. The van der Waals surface area contributed by atoms with Crippen LogP contribution in [-0.4, -0.2) is 74.6 Å². The first kappa shape index (κ1) is 47.7. The fourth-order valence-corrected chi connectivity index (χ4v) is 8.14. The Bertz CT molecular complexity index is 2360. The summed E-state index contributed by atoms with van der Waals surface area (Å²) < 4.78 is 76.5. The minimum absolute atomic E-state index is 0.0397. The smallest absolute Gasteiger partial charge is 0.192 e. The lowest BCUT2D eigenvalue weighted by atomic mass is 9.95. The molecular formula is C54H56FN3O9. The van der Waals surface area contributed by atoms with Crippen molar-refractivity contribution in [1.29, 1.82) is 0 Å². The highest BCUT2D eigenvalue weighted by atomic mass is 19.1. The molecule has 67 heavy (non-hydrogen) atoms. The van der Waals surface area contributed by atoms with E-state index in [2.05, 4.69) is 10.0 Å². The third-order valence-electron chi connectivity index (χ3n) is 11.6. The molecule has 0 aliphatic carbocycles. The molecular weight excluding hydrogens is 854 g/mol. The largest absolute Gasteiger partial charge is 0.374 e. The van der Waals surface area contributed by atoms with Crippen LogP contribution in [0.2, 0.25) is 0 Å².